The molecule has 0 aliphatic carbocycles. The molecule has 32 heavy (non-hydrogen) atoms. The predicted octanol–water partition coefficient (Wildman–Crippen LogP) is 2.64. The molecule has 0 spiro atoms. The van der Waals surface area contributed by atoms with Gasteiger partial charge in [0.25, 0.3) is 5.56 Å². The first-order valence-corrected chi connectivity index (χ1v) is 11.3. The highest BCUT2D eigenvalue weighted by molar-refractivity contribution is 7.20. The van der Waals surface area contributed by atoms with Crippen molar-refractivity contribution in [1.29, 1.82) is 0 Å². The van der Waals surface area contributed by atoms with Crippen molar-refractivity contribution in [1.82, 2.24) is 19.2 Å². The Morgan fingerprint density at radius 3 is 2.84 bits per heavy atom. The lowest BCUT2D eigenvalue weighted by atomic mass is 10.2. The lowest BCUT2D eigenvalue weighted by Gasteiger charge is -2.26. The van der Waals surface area contributed by atoms with Gasteiger partial charge in [0.05, 0.1) is 36.7 Å². The second-order valence-corrected chi connectivity index (χ2v) is 9.13. The van der Waals surface area contributed by atoms with Crippen molar-refractivity contribution in [3.63, 3.8) is 0 Å². The van der Waals surface area contributed by atoms with Crippen molar-refractivity contribution >= 4 is 38.4 Å². The predicted molar refractivity (Wildman–Crippen MR) is 124 cm³/mol. The van der Waals surface area contributed by atoms with Crippen LogP contribution in [0.25, 0.3) is 21.1 Å². The van der Waals surface area contributed by atoms with Crippen LogP contribution in [0, 0.1) is 6.92 Å². The summed E-state index contributed by atoms with van der Waals surface area (Å²) in [6.07, 6.45) is 1.71. The fourth-order valence-corrected chi connectivity index (χ4v) is 5.22. The smallest absolute Gasteiger partial charge is 0.291 e. The van der Waals surface area contributed by atoms with E-state index in [4.69, 9.17) is 9.47 Å². The van der Waals surface area contributed by atoms with Crippen molar-refractivity contribution in [2.45, 2.75) is 20.0 Å². The number of carbonyl (C=O) groups excluding carboxylic acids is 1. The van der Waals surface area contributed by atoms with Gasteiger partial charge in [-0.1, -0.05) is 12.1 Å². The van der Waals surface area contributed by atoms with E-state index in [0.717, 1.165) is 26.9 Å². The normalized spacial score (nSPS) is 14.4. The Morgan fingerprint density at radius 2 is 2.06 bits per heavy atom. The van der Waals surface area contributed by atoms with Gasteiger partial charge in [0.15, 0.2) is 0 Å². The van der Waals surface area contributed by atoms with Gasteiger partial charge in [0.1, 0.15) is 17.8 Å². The minimum Gasteiger partial charge on any atom is -0.497 e. The van der Waals surface area contributed by atoms with Gasteiger partial charge in [-0.05, 0) is 30.7 Å². The number of aryl methyl sites for hydroxylation is 1. The summed E-state index contributed by atoms with van der Waals surface area (Å²) >= 11 is 1.65. The van der Waals surface area contributed by atoms with Crippen molar-refractivity contribution in [3.05, 3.63) is 57.3 Å². The van der Waals surface area contributed by atoms with Crippen molar-refractivity contribution < 1.29 is 14.3 Å². The van der Waals surface area contributed by atoms with Gasteiger partial charge < -0.3 is 18.9 Å². The maximum atomic E-state index is 13.5. The minimum absolute atomic E-state index is 0.0776. The molecule has 5 rings (SSSR count). The molecule has 8 nitrogen and oxygen atoms in total. The van der Waals surface area contributed by atoms with Gasteiger partial charge >= 0.3 is 0 Å². The second kappa shape index (κ2) is 8.40. The maximum Gasteiger partial charge on any atom is 0.291 e. The molecule has 0 saturated carbocycles. The molecule has 1 aliphatic rings. The summed E-state index contributed by atoms with van der Waals surface area (Å²) in [5, 5.41) is 5.17. The zero-order valence-electron chi connectivity index (χ0n) is 18.0. The first-order chi connectivity index (χ1) is 15.5. The molecule has 0 bridgehead atoms. The van der Waals surface area contributed by atoms with Gasteiger partial charge in [0, 0.05) is 29.9 Å². The van der Waals surface area contributed by atoms with Gasteiger partial charge in [0.2, 0.25) is 5.91 Å². The molecule has 1 saturated heterocycles. The lowest BCUT2D eigenvalue weighted by molar-refractivity contribution is -0.136. The SMILES string of the molecule is COc1cccc(Cn2c3cc(C)sc3c3cnn(CC(=O)N4CCOCC4)c(=O)c32)c1. The fraction of sp³-hybridized carbons (Fsp3) is 0.348. The average molecular weight is 453 g/mol. The molecule has 1 fully saturated rings. The van der Waals surface area contributed by atoms with E-state index in [9.17, 15) is 9.59 Å². The van der Waals surface area contributed by atoms with Gasteiger partial charge in [-0.15, -0.1) is 11.3 Å². The van der Waals surface area contributed by atoms with E-state index in [0.29, 0.717) is 38.4 Å². The largest absolute Gasteiger partial charge is 0.497 e. The van der Waals surface area contributed by atoms with Crippen LogP contribution in [0.2, 0.25) is 0 Å². The zero-order chi connectivity index (χ0) is 22.2. The van der Waals surface area contributed by atoms with E-state index in [1.807, 2.05) is 28.8 Å². The molecule has 0 atom stereocenters. The molecule has 1 aromatic carbocycles. The number of methoxy groups -OCH3 is 1. The fourth-order valence-electron chi connectivity index (χ4n) is 4.19. The third kappa shape index (κ3) is 3.67. The Hall–Kier alpha value is -3.17. The van der Waals surface area contributed by atoms with E-state index in [1.165, 1.54) is 9.56 Å². The molecule has 0 radical (unpaired) electrons. The Balaban J connectivity index is 1.59. The Labute approximate surface area is 188 Å². The van der Waals surface area contributed by atoms with Crippen LogP contribution in [0.1, 0.15) is 10.4 Å². The number of rotatable bonds is 5. The molecule has 0 unspecified atom stereocenters. The van der Waals surface area contributed by atoms with Crippen LogP contribution >= 0.6 is 11.3 Å². The average Bonchev–Trinajstić information content (AvgIpc) is 3.32. The van der Waals surface area contributed by atoms with Gasteiger partial charge in [-0.3, -0.25) is 9.59 Å². The number of hydrogen-bond donors (Lipinski definition) is 0. The third-order valence-electron chi connectivity index (χ3n) is 5.78. The highest BCUT2D eigenvalue weighted by atomic mass is 32.1. The summed E-state index contributed by atoms with van der Waals surface area (Å²) in [5.41, 5.74) is 2.34. The molecule has 0 N–H and O–H groups in total. The monoisotopic (exact) mass is 452 g/mol. The van der Waals surface area contributed by atoms with Crippen LogP contribution < -0.4 is 10.3 Å². The highest BCUT2D eigenvalue weighted by Crippen LogP contribution is 2.34. The molecular formula is C23H24N4O4S. The molecule has 4 heterocycles. The number of fused-ring (bicyclic) bond motifs is 3. The van der Waals surface area contributed by atoms with Crippen molar-refractivity contribution in [3.8, 4) is 5.75 Å². The number of aromatic nitrogens is 3. The number of ether oxygens (including phenoxy) is 2. The van der Waals surface area contributed by atoms with E-state index in [1.54, 1.807) is 29.5 Å². The minimum atomic E-state index is -0.256. The topological polar surface area (TPSA) is 78.6 Å². The maximum absolute atomic E-state index is 13.5. The van der Waals surface area contributed by atoms with Gasteiger partial charge in [-0.25, -0.2) is 4.68 Å². The second-order valence-electron chi connectivity index (χ2n) is 7.87. The molecule has 166 valence electrons. The number of thiophene rings is 1. The summed E-state index contributed by atoms with van der Waals surface area (Å²) < 4.78 is 15.0. The number of nitrogens with zero attached hydrogens (tertiary/aromatic N) is 4. The molecule has 1 amide bonds. The first kappa shape index (κ1) is 20.7. The number of hydrogen-bond acceptors (Lipinski definition) is 6. The summed E-state index contributed by atoms with van der Waals surface area (Å²) in [6, 6.07) is 9.93. The highest BCUT2D eigenvalue weighted by Gasteiger charge is 2.22. The Kier molecular flexibility index (Phi) is 5.44. The van der Waals surface area contributed by atoms with Crippen LogP contribution in [-0.4, -0.2) is 58.6 Å². The standard InChI is InChI=1S/C23H24N4O4S/c1-15-10-19-22(32-15)18-12-24-27(14-20(28)25-6-8-31-9-7-25)23(29)21(18)26(19)13-16-4-3-5-17(11-16)30-2/h3-5,10-12H,6-9,13-14H2,1-2H3. The van der Waals surface area contributed by atoms with E-state index in [-0.39, 0.29) is 18.0 Å². The Morgan fingerprint density at radius 1 is 1.25 bits per heavy atom. The number of amides is 1. The summed E-state index contributed by atoms with van der Waals surface area (Å²) in [7, 11) is 1.64. The summed E-state index contributed by atoms with van der Waals surface area (Å²) in [4.78, 5) is 29.1. The summed E-state index contributed by atoms with van der Waals surface area (Å²) in [6.45, 7) is 4.62. The Bertz CT molecular complexity index is 1360. The summed E-state index contributed by atoms with van der Waals surface area (Å²) in [5.74, 6) is 0.651. The van der Waals surface area contributed by atoms with E-state index >= 15 is 0 Å². The number of carbonyl (C=O) groups is 1. The van der Waals surface area contributed by atoms with Crippen LogP contribution in [0.3, 0.4) is 0 Å². The third-order valence-corrected chi connectivity index (χ3v) is 6.86. The molecule has 9 heteroatoms. The molecule has 3 aromatic heterocycles. The molecule has 1 aliphatic heterocycles. The number of benzene rings is 1. The lowest BCUT2D eigenvalue weighted by Crippen LogP contribution is -2.43. The van der Waals surface area contributed by atoms with Crippen molar-refractivity contribution in [2.75, 3.05) is 33.4 Å². The van der Waals surface area contributed by atoms with Crippen LogP contribution in [0.15, 0.2) is 41.3 Å². The quantitative estimate of drug-likeness (QED) is 0.465. The molecule has 4 aromatic rings. The van der Waals surface area contributed by atoms with Crippen LogP contribution in [0.5, 0.6) is 5.75 Å². The van der Waals surface area contributed by atoms with Gasteiger partial charge in [-0.2, -0.15) is 5.10 Å². The van der Waals surface area contributed by atoms with E-state index in [2.05, 4.69) is 18.1 Å². The molecular weight excluding hydrogens is 428 g/mol. The zero-order valence-corrected chi connectivity index (χ0v) is 18.9. The number of morpholine rings is 1. The van der Waals surface area contributed by atoms with Crippen molar-refractivity contribution in [2.24, 2.45) is 0 Å². The van der Waals surface area contributed by atoms with Crippen LogP contribution in [0.4, 0.5) is 0 Å². The van der Waals surface area contributed by atoms with Crippen LogP contribution in [-0.2, 0) is 22.6 Å². The van der Waals surface area contributed by atoms with E-state index < -0.39 is 0 Å². The first-order valence-electron chi connectivity index (χ1n) is 10.5.